The summed E-state index contributed by atoms with van der Waals surface area (Å²) in [6.45, 7) is 4.65. The van der Waals surface area contributed by atoms with Gasteiger partial charge in [-0.05, 0) is 24.0 Å². The lowest BCUT2D eigenvalue weighted by molar-refractivity contribution is 0.174. The molecular weight excluding hydrogens is 340 g/mol. The highest BCUT2D eigenvalue weighted by Gasteiger charge is 2.17. The van der Waals surface area contributed by atoms with Gasteiger partial charge in [0.2, 0.25) is 0 Å². The van der Waals surface area contributed by atoms with Gasteiger partial charge >= 0.3 is 10.4 Å². The molecule has 1 saturated heterocycles. The molecule has 0 unspecified atom stereocenters. The molecule has 1 aliphatic heterocycles. The normalized spacial score (nSPS) is 15.7. The van der Waals surface area contributed by atoms with Gasteiger partial charge in [-0.25, -0.2) is 0 Å². The van der Waals surface area contributed by atoms with E-state index in [1.807, 2.05) is 4.90 Å². The van der Waals surface area contributed by atoms with Gasteiger partial charge in [-0.1, -0.05) is 12.1 Å². The molecule has 8 nitrogen and oxygen atoms in total. The molecule has 0 saturated carbocycles. The van der Waals surface area contributed by atoms with Gasteiger partial charge in [0.15, 0.2) is 5.96 Å². The van der Waals surface area contributed by atoms with Crippen LogP contribution in [0.5, 0.6) is 0 Å². The molecule has 10 heteroatoms. The molecule has 0 atom stereocenters. The molecule has 0 aliphatic carbocycles. The summed E-state index contributed by atoms with van der Waals surface area (Å²) in [6.07, 6.45) is 2.10. The first-order valence-corrected chi connectivity index (χ1v) is 9.45. The lowest BCUT2D eigenvalue weighted by Gasteiger charge is -2.34. The molecular formula is C13H22N4O4S2. The Morgan fingerprint density at radius 1 is 1.30 bits per heavy atom. The van der Waals surface area contributed by atoms with E-state index in [1.54, 1.807) is 11.8 Å². The van der Waals surface area contributed by atoms with Gasteiger partial charge in [-0.15, -0.1) is 11.8 Å². The molecule has 1 aromatic carbocycles. The molecule has 5 N–H and O–H groups in total. The third-order valence-electron chi connectivity index (χ3n) is 3.25. The van der Waals surface area contributed by atoms with Gasteiger partial charge in [0.1, 0.15) is 0 Å². The number of thioether (sulfide) groups is 1. The number of nitrogens with zero attached hydrogens (tertiary/aromatic N) is 2. The van der Waals surface area contributed by atoms with Crippen LogP contribution in [0.4, 0.5) is 0 Å². The van der Waals surface area contributed by atoms with E-state index >= 15 is 0 Å². The minimum atomic E-state index is -4.67. The molecule has 130 valence electrons. The Balaban J connectivity index is 0.000000463. The van der Waals surface area contributed by atoms with Crippen LogP contribution in [0.25, 0.3) is 0 Å². The predicted octanol–water partition coefficient (Wildman–Crippen LogP) is 0.767. The Morgan fingerprint density at radius 3 is 2.35 bits per heavy atom. The van der Waals surface area contributed by atoms with Gasteiger partial charge in [-0.2, -0.15) is 8.42 Å². The van der Waals surface area contributed by atoms with Crippen LogP contribution in [0.2, 0.25) is 0 Å². The lowest BCUT2D eigenvalue weighted by atomic mass is 10.2. The largest absolute Gasteiger partial charge is 0.394 e. The SMILES string of the molecule is CSc1cccc(CN2CCN(C(=N)N)CC2)c1.O=S(=O)(O)O. The summed E-state index contributed by atoms with van der Waals surface area (Å²) in [5.74, 6) is 0.194. The van der Waals surface area contributed by atoms with Crippen LogP contribution in [-0.4, -0.2) is 65.7 Å². The average Bonchev–Trinajstić information content (AvgIpc) is 2.46. The topological polar surface area (TPSA) is 131 Å². The average molecular weight is 362 g/mol. The lowest BCUT2D eigenvalue weighted by Crippen LogP contribution is -2.50. The summed E-state index contributed by atoms with van der Waals surface area (Å²) in [5.41, 5.74) is 6.85. The van der Waals surface area contributed by atoms with Crippen molar-refractivity contribution in [1.82, 2.24) is 9.80 Å². The molecule has 2 rings (SSSR count). The Kier molecular flexibility index (Phi) is 7.79. The summed E-state index contributed by atoms with van der Waals surface area (Å²) in [6, 6.07) is 8.69. The molecule has 1 fully saturated rings. The first-order chi connectivity index (χ1) is 10.7. The number of hydrogen-bond acceptors (Lipinski definition) is 5. The minimum Gasteiger partial charge on any atom is -0.370 e. The van der Waals surface area contributed by atoms with E-state index in [-0.39, 0.29) is 5.96 Å². The number of piperazine rings is 1. The quantitative estimate of drug-likeness (QED) is 0.268. The van der Waals surface area contributed by atoms with Crippen LogP contribution in [0.3, 0.4) is 0 Å². The number of benzene rings is 1. The summed E-state index contributed by atoms with van der Waals surface area (Å²) in [7, 11) is -4.67. The van der Waals surface area contributed by atoms with Crippen molar-refractivity contribution in [2.45, 2.75) is 11.4 Å². The predicted molar refractivity (Wildman–Crippen MR) is 91.2 cm³/mol. The van der Waals surface area contributed by atoms with Crippen molar-refractivity contribution < 1.29 is 17.5 Å². The summed E-state index contributed by atoms with van der Waals surface area (Å²) < 4.78 is 31.6. The monoisotopic (exact) mass is 362 g/mol. The van der Waals surface area contributed by atoms with E-state index in [4.69, 9.17) is 28.7 Å². The molecule has 0 spiro atoms. The summed E-state index contributed by atoms with van der Waals surface area (Å²) >= 11 is 1.78. The van der Waals surface area contributed by atoms with Gasteiger partial charge in [0.25, 0.3) is 0 Å². The van der Waals surface area contributed by atoms with Crippen molar-refractivity contribution in [3.63, 3.8) is 0 Å². The van der Waals surface area contributed by atoms with Crippen molar-refractivity contribution in [2.75, 3.05) is 32.4 Å². The van der Waals surface area contributed by atoms with Crippen molar-refractivity contribution >= 4 is 28.1 Å². The Labute approximate surface area is 140 Å². The van der Waals surface area contributed by atoms with Gasteiger partial charge in [-0.3, -0.25) is 19.4 Å². The van der Waals surface area contributed by atoms with Crippen molar-refractivity contribution in [3.8, 4) is 0 Å². The highest BCUT2D eigenvalue weighted by atomic mass is 32.3. The van der Waals surface area contributed by atoms with E-state index in [2.05, 4.69) is 35.4 Å². The van der Waals surface area contributed by atoms with E-state index in [0.717, 1.165) is 32.7 Å². The maximum atomic E-state index is 8.74. The van der Waals surface area contributed by atoms with Crippen LogP contribution in [0, 0.1) is 5.41 Å². The smallest absolute Gasteiger partial charge is 0.370 e. The first kappa shape index (κ1) is 19.7. The number of nitrogens with two attached hydrogens (primary N) is 1. The van der Waals surface area contributed by atoms with Gasteiger partial charge in [0, 0.05) is 37.6 Å². The first-order valence-electron chi connectivity index (χ1n) is 6.83. The second-order valence-corrected chi connectivity index (χ2v) is 6.72. The molecule has 0 aromatic heterocycles. The van der Waals surface area contributed by atoms with Crippen molar-refractivity contribution in [2.24, 2.45) is 5.73 Å². The minimum absolute atomic E-state index is 0.194. The fourth-order valence-electron chi connectivity index (χ4n) is 2.18. The van der Waals surface area contributed by atoms with E-state index in [9.17, 15) is 0 Å². The molecule has 0 amide bonds. The fourth-order valence-corrected chi connectivity index (χ4v) is 2.66. The summed E-state index contributed by atoms with van der Waals surface area (Å²) in [4.78, 5) is 5.66. The van der Waals surface area contributed by atoms with Crippen LogP contribution < -0.4 is 5.73 Å². The third-order valence-corrected chi connectivity index (χ3v) is 3.98. The van der Waals surface area contributed by atoms with Gasteiger partial charge in [0.05, 0.1) is 0 Å². The maximum Gasteiger partial charge on any atom is 0.394 e. The molecule has 1 aromatic rings. The van der Waals surface area contributed by atoms with E-state index in [0.29, 0.717) is 0 Å². The van der Waals surface area contributed by atoms with Crippen molar-refractivity contribution in [3.05, 3.63) is 29.8 Å². The third kappa shape index (κ3) is 8.77. The Morgan fingerprint density at radius 2 is 1.87 bits per heavy atom. The highest BCUT2D eigenvalue weighted by molar-refractivity contribution is 7.98. The molecule has 23 heavy (non-hydrogen) atoms. The summed E-state index contributed by atoms with van der Waals surface area (Å²) in [5, 5.41) is 7.41. The molecule has 0 radical (unpaired) electrons. The van der Waals surface area contributed by atoms with Crippen LogP contribution in [0.15, 0.2) is 29.2 Å². The standard InChI is InChI=1S/C13H20N4S.H2O4S/c1-18-12-4-2-3-11(9-12)10-16-5-7-17(8-6-16)13(14)15;1-5(2,3)4/h2-4,9H,5-8,10H2,1H3,(H3,14,15);(H2,1,2,3,4). The second-order valence-electron chi connectivity index (χ2n) is 4.95. The fraction of sp³-hybridized carbons (Fsp3) is 0.462. The van der Waals surface area contributed by atoms with E-state index in [1.165, 1.54) is 10.5 Å². The number of rotatable bonds is 3. The zero-order valence-electron chi connectivity index (χ0n) is 12.8. The van der Waals surface area contributed by atoms with E-state index < -0.39 is 10.4 Å². The zero-order chi connectivity index (χ0) is 17.5. The number of hydrogen-bond donors (Lipinski definition) is 4. The van der Waals surface area contributed by atoms with Crippen LogP contribution in [-0.2, 0) is 16.9 Å². The van der Waals surface area contributed by atoms with Crippen LogP contribution in [0.1, 0.15) is 5.56 Å². The molecule has 0 bridgehead atoms. The molecule has 1 heterocycles. The van der Waals surface area contributed by atoms with Crippen molar-refractivity contribution in [1.29, 1.82) is 5.41 Å². The Bertz CT molecular complexity index is 608. The highest BCUT2D eigenvalue weighted by Crippen LogP contribution is 2.17. The Hall–Kier alpha value is -1.33. The number of guanidine groups is 1. The zero-order valence-corrected chi connectivity index (χ0v) is 14.5. The maximum absolute atomic E-state index is 8.74. The molecule has 1 aliphatic rings. The van der Waals surface area contributed by atoms with Gasteiger partial charge < -0.3 is 10.6 Å². The second kappa shape index (κ2) is 9.08. The number of nitrogens with one attached hydrogen (secondary N) is 1. The van der Waals surface area contributed by atoms with Crippen LogP contribution >= 0.6 is 11.8 Å².